The van der Waals surface area contributed by atoms with Gasteiger partial charge in [-0.15, -0.1) is 0 Å². The van der Waals surface area contributed by atoms with Crippen LogP contribution in [-0.4, -0.2) is 0 Å². The summed E-state index contributed by atoms with van der Waals surface area (Å²) in [5, 5.41) is 15.2. The van der Waals surface area contributed by atoms with Crippen LogP contribution in [0.25, 0.3) is 17.1 Å². The van der Waals surface area contributed by atoms with Crippen molar-refractivity contribution >= 4 is 22.8 Å². The van der Waals surface area contributed by atoms with Gasteiger partial charge in [0.25, 0.3) is 0 Å². The van der Waals surface area contributed by atoms with Crippen LogP contribution in [0.3, 0.4) is 0 Å². The average Bonchev–Trinajstić information content (AvgIpc) is 2.18. The molecule has 1 aliphatic rings. The lowest BCUT2D eigenvalue weighted by molar-refractivity contribution is -0.545. The molecule has 0 radical (unpaired) electrons. The first-order valence-corrected chi connectivity index (χ1v) is 4.43. The predicted molar refractivity (Wildman–Crippen MR) is 52.0 cm³/mol. The summed E-state index contributed by atoms with van der Waals surface area (Å²) >= 11 is 0. The highest BCUT2D eigenvalue weighted by molar-refractivity contribution is 5.89. The number of aromatic nitrogens is 1. The first kappa shape index (κ1) is 7.38. The van der Waals surface area contributed by atoms with Gasteiger partial charge in [-0.05, 0) is 18.2 Å². The highest BCUT2D eigenvalue weighted by atomic mass is 16.3. The van der Waals surface area contributed by atoms with Crippen LogP contribution in [0, 0.1) is 0 Å². The van der Waals surface area contributed by atoms with Crippen LogP contribution in [0.5, 0.6) is 0 Å². The monoisotopic (exact) mass is 184 g/mol. The van der Waals surface area contributed by atoms with Gasteiger partial charge in [-0.25, -0.2) is 0 Å². The van der Waals surface area contributed by atoms with Gasteiger partial charge < -0.3 is 10.4 Å². The van der Waals surface area contributed by atoms with E-state index in [1.807, 2.05) is 41.1 Å². The third kappa shape index (κ3) is 0.893. The molecule has 3 heteroatoms. The SMILES string of the molecule is [O-]C1=C[n+]2cccc3cccc(c32)N1. The number of nitrogens with zero attached hydrogens (tertiary/aromatic N) is 1. The fourth-order valence-electron chi connectivity index (χ4n) is 1.80. The number of hydrogen-bond acceptors (Lipinski definition) is 2. The quantitative estimate of drug-likeness (QED) is 0.611. The largest absolute Gasteiger partial charge is 0.856 e. The number of pyridine rings is 1. The first-order chi connectivity index (χ1) is 6.84. The second kappa shape index (κ2) is 2.48. The summed E-state index contributed by atoms with van der Waals surface area (Å²) in [7, 11) is 0. The van der Waals surface area contributed by atoms with Gasteiger partial charge in [-0.1, -0.05) is 6.07 Å². The van der Waals surface area contributed by atoms with E-state index in [1.165, 1.54) is 0 Å². The van der Waals surface area contributed by atoms with Gasteiger partial charge in [0.15, 0.2) is 12.4 Å². The molecule has 0 amide bonds. The van der Waals surface area contributed by atoms with E-state index >= 15 is 0 Å². The number of rotatable bonds is 0. The molecule has 0 atom stereocenters. The van der Waals surface area contributed by atoms with Crippen molar-refractivity contribution in [3.63, 3.8) is 0 Å². The van der Waals surface area contributed by atoms with Gasteiger partial charge in [0.2, 0.25) is 5.52 Å². The van der Waals surface area contributed by atoms with Crippen molar-refractivity contribution in [3.8, 4) is 0 Å². The zero-order chi connectivity index (χ0) is 9.54. The molecule has 0 unspecified atom stereocenters. The Morgan fingerprint density at radius 3 is 2.93 bits per heavy atom. The van der Waals surface area contributed by atoms with Crippen molar-refractivity contribution < 1.29 is 9.67 Å². The van der Waals surface area contributed by atoms with Crippen LogP contribution in [-0.2, 0) is 0 Å². The molecule has 2 aromatic rings. The van der Waals surface area contributed by atoms with Gasteiger partial charge in [0.05, 0.1) is 0 Å². The number of hydrogen-bond donors (Lipinski definition) is 1. The number of para-hydroxylation sites is 1. The lowest BCUT2D eigenvalue weighted by atomic mass is 10.1. The third-order valence-corrected chi connectivity index (χ3v) is 2.36. The molecule has 0 saturated carbocycles. The molecular weight excluding hydrogens is 176 g/mol. The molecule has 2 heterocycles. The van der Waals surface area contributed by atoms with Crippen LogP contribution < -0.4 is 15.0 Å². The summed E-state index contributed by atoms with van der Waals surface area (Å²) in [5.74, 6) is -0.0822. The Bertz CT molecular complexity index is 541. The van der Waals surface area contributed by atoms with Crippen LogP contribution in [0.4, 0.5) is 5.69 Å². The fourth-order valence-corrected chi connectivity index (χ4v) is 1.80. The minimum absolute atomic E-state index is 0.0822. The second-order valence-electron chi connectivity index (χ2n) is 3.28. The summed E-state index contributed by atoms with van der Waals surface area (Å²) in [4.78, 5) is 0. The normalized spacial score (nSPS) is 13.6. The Morgan fingerprint density at radius 2 is 2.00 bits per heavy atom. The Balaban J connectivity index is 2.50. The highest BCUT2D eigenvalue weighted by Gasteiger charge is 2.14. The maximum absolute atomic E-state index is 11.3. The van der Waals surface area contributed by atoms with Crippen LogP contribution in [0.1, 0.15) is 0 Å². The lowest BCUT2D eigenvalue weighted by Gasteiger charge is -2.17. The zero-order valence-electron chi connectivity index (χ0n) is 7.40. The summed E-state index contributed by atoms with van der Waals surface area (Å²) in [6.07, 6.45) is 3.43. The predicted octanol–water partition coefficient (Wildman–Crippen LogP) is 0.669. The standard InChI is InChI=1S/C11H8N2O/c14-10-7-13-6-2-4-8-3-1-5-9(12-10)11(8)13/h1-7,12H. The molecule has 14 heavy (non-hydrogen) atoms. The van der Waals surface area contributed by atoms with Gasteiger partial charge >= 0.3 is 0 Å². The van der Waals surface area contributed by atoms with Gasteiger partial charge in [-0.2, -0.15) is 4.57 Å². The van der Waals surface area contributed by atoms with Crippen LogP contribution in [0.15, 0.2) is 42.4 Å². The van der Waals surface area contributed by atoms with Crippen molar-refractivity contribution in [1.82, 2.24) is 0 Å². The van der Waals surface area contributed by atoms with Crippen molar-refractivity contribution in [2.24, 2.45) is 0 Å². The van der Waals surface area contributed by atoms with Crippen LogP contribution >= 0.6 is 0 Å². The van der Waals surface area contributed by atoms with Gasteiger partial charge in [-0.3, -0.25) is 0 Å². The number of nitrogens with one attached hydrogen (secondary N) is 1. The molecule has 3 nitrogen and oxygen atoms in total. The molecule has 1 aromatic heterocycles. The van der Waals surface area contributed by atoms with E-state index in [2.05, 4.69) is 5.32 Å². The minimum atomic E-state index is -0.0822. The minimum Gasteiger partial charge on any atom is -0.856 e. The molecule has 3 rings (SSSR count). The Morgan fingerprint density at radius 1 is 1.14 bits per heavy atom. The second-order valence-corrected chi connectivity index (χ2v) is 3.28. The summed E-state index contributed by atoms with van der Waals surface area (Å²) in [6, 6.07) is 9.83. The molecule has 0 bridgehead atoms. The van der Waals surface area contributed by atoms with E-state index in [-0.39, 0.29) is 5.88 Å². The smallest absolute Gasteiger partial charge is 0.241 e. The Hall–Kier alpha value is -2.03. The summed E-state index contributed by atoms with van der Waals surface area (Å²) < 4.78 is 1.85. The molecule has 1 N–H and O–H groups in total. The topological polar surface area (TPSA) is 39.0 Å². The van der Waals surface area contributed by atoms with Gasteiger partial charge in [0, 0.05) is 17.3 Å². The van der Waals surface area contributed by atoms with Crippen LogP contribution in [0.2, 0.25) is 0 Å². The highest BCUT2D eigenvalue weighted by Crippen LogP contribution is 2.22. The Kier molecular flexibility index (Phi) is 1.31. The molecular formula is C11H8N2O. The number of benzene rings is 1. The first-order valence-electron chi connectivity index (χ1n) is 4.43. The average molecular weight is 184 g/mol. The molecule has 1 aromatic carbocycles. The van der Waals surface area contributed by atoms with Crippen molar-refractivity contribution in [2.75, 3.05) is 5.32 Å². The van der Waals surface area contributed by atoms with Crippen molar-refractivity contribution in [3.05, 3.63) is 42.4 Å². The molecule has 1 aliphatic heterocycles. The van der Waals surface area contributed by atoms with E-state index in [1.54, 1.807) is 6.20 Å². The van der Waals surface area contributed by atoms with Crippen molar-refractivity contribution in [2.45, 2.75) is 0 Å². The van der Waals surface area contributed by atoms with Crippen molar-refractivity contribution in [1.29, 1.82) is 0 Å². The molecule has 0 spiro atoms. The molecule has 0 aliphatic carbocycles. The molecule has 0 saturated heterocycles. The van der Waals surface area contributed by atoms with E-state index in [9.17, 15) is 5.11 Å². The fraction of sp³-hybridized carbons (Fsp3) is 0. The Labute approximate surface area is 80.9 Å². The molecule has 68 valence electrons. The zero-order valence-corrected chi connectivity index (χ0v) is 7.40. The summed E-state index contributed by atoms with van der Waals surface area (Å²) in [6.45, 7) is 0. The summed E-state index contributed by atoms with van der Waals surface area (Å²) in [5.41, 5.74) is 1.92. The number of anilines is 1. The van der Waals surface area contributed by atoms with E-state index in [0.717, 1.165) is 16.6 Å². The maximum atomic E-state index is 11.3. The van der Waals surface area contributed by atoms with Gasteiger partial charge in [0.1, 0.15) is 5.69 Å². The lowest BCUT2D eigenvalue weighted by Crippen LogP contribution is -2.35. The van der Waals surface area contributed by atoms with E-state index in [4.69, 9.17) is 0 Å². The molecule has 0 fully saturated rings. The van der Waals surface area contributed by atoms with E-state index in [0.29, 0.717) is 0 Å². The third-order valence-electron chi connectivity index (χ3n) is 2.36. The van der Waals surface area contributed by atoms with E-state index < -0.39 is 0 Å². The maximum Gasteiger partial charge on any atom is 0.241 e.